The molecular formula is C31H49N3O7. The van der Waals surface area contributed by atoms with Gasteiger partial charge in [-0.2, -0.15) is 0 Å². The lowest BCUT2D eigenvalue weighted by Crippen LogP contribution is -2.56. The molecule has 3 aliphatic heterocycles. The number of unbranched alkanes of at least 4 members (excludes halogenated alkanes) is 4. The van der Waals surface area contributed by atoms with Crippen LogP contribution in [0.4, 0.5) is 0 Å². The Morgan fingerprint density at radius 2 is 1.98 bits per heavy atom. The fraction of sp³-hybridized carbons (Fsp3) is 0.742. The molecule has 0 aliphatic carbocycles. The average Bonchev–Trinajstić information content (AvgIpc) is 3.60. The summed E-state index contributed by atoms with van der Waals surface area (Å²) in [7, 11) is 0. The van der Waals surface area contributed by atoms with Crippen molar-refractivity contribution in [3.05, 3.63) is 25.3 Å². The number of aliphatic hydroxyl groups is 1. The number of ether oxygens (including phenoxy) is 2. The molecule has 1 spiro atoms. The molecule has 6 atom stereocenters. The Hall–Kier alpha value is -2.72. The number of aliphatic hydroxyl groups excluding tert-OH is 1. The predicted molar refractivity (Wildman–Crippen MR) is 155 cm³/mol. The van der Waals surface area contributed by atoms with Gasteiger partial charge in [0.05, 0.1) is 24.5 Å². The number of carbonyl (C=O) groups is 4. The second kappa shape index (κ2) is 15.5. The lowest BCUT2D eigenvalue weighted by atomic mass is 9.70. The summed E-state index contributed by atoms with van der Waals surface area (Å²) in [6.07, 6.45) is 9.06. The summed E-state index contributed by atoms with van der Waals surface area (Å²) in [4.78, 5) is 57.1. The highest BCUT2D eigenvalue weighted by molar-refractivity contribution is 5.98. The second-order valence-corrected chi connectivity index (χ2v) is 11.5. The average molecular weight is 576 g/mol. The molecule has 0 aromatic heterocycles. The lowest BCUT2D eigenvalue weighted by molar-refractivity contribution is -0.159. The van der Waals surface area contributed by atoms with E-state index < -0.39 is 41.7 Å². The summed E-state index contributed by atoms with van der Waals surface area (Å²) in [6.45, 7) is 12.8. The quantitative estimate of drug-likeness (QED) is 0.138. The SMILES string of the molecule is C=CCCC(=O)NC[C@@H](C)OC(=O)[C@@H]1[C@H]2C(=O)N(CCCCCCO)[C@H](C(=O)N(CC=C)CCCC)[C@]23CC[C@H]1O3. The van der Waals surface area contributed by atoms with Crippen LogP contribution in [0, 0.1) is 11.8 Å². The minimum absolute atomic E-state index is 0.124. The Morgan fingerprint density at radius 1 is 1.22 bits per heavy atom. The van der Waals surface area contributed by atoms with Crippen LogP contribution in [0.3, 0.4) is 0 Å². The number of likely N-dealkylation sites (tertiary alicyclic amines) is 1. The Morgan fingerprint density at radius 3 is 2.66 bits per heavy atom. The van der Waals surface area contributed by atoms with Gasteiger partial charge in [0.1, 0.15) is 17.7 Å². The first-order valence-electron chi connectivity index (χ1n) is 15.3. The van der Waals surface area contributed by atoms with Crippen molar-refractivity contribution in [2.24, 2.45) is 11.8 Å². The highest BCUT2D eigenvalue weighted by atomic mass is 16.6. The summed E-state index contributed by atoms with van der Waals surface area (Å²) in [5.41, 5.74) is -1.07. The predicted octanol–water partition coefficient (Wildman–Crippen LogP) is 2.74. The molecule has 3 rings (SSSR count). The van der Waals surface area contributed by atoms with E-state index in [0.717, 1.165) is 25.7 Å². The van der Waals surface area contributed by atoms with Gasteiger partial charge in [0.15, 0.2) is 0 Å². The van der Waals surface area contributed by atoms with Crippen LogP contribution in [0.2, 0.25) is 0 Å². The Bertz CT molecular complexity index is 956. The minimum Gasteiger partial charge on any atom is -0.460 e. The molecule has 10 heteroatoms. The fourth-order valence-electron chi connectivity index (χ4n) is 6.56. The zero-order chi connectivity index (χ0) is 30.0. The van der Waals surface area contributed by atoms with Gasteiger partial charge in [0.25, 0.3) is 0 Å². The van der Waals surface area contributed by atoms with Gasteiger partial charge in [0.2, 0.25) is 17.7 Å². The molecule has 0 saturated carbocycles. The van der Waals surface area contributed by atoms with Crippen LogP contribution < -0.4 is 5.32 Å². The molecule has 3 heterocycles. The maximum atomic E-state index is 14.1. The van der Waals surface area contributed by atoms with E-state index in [4.69, 9.17) is 14.6 Å². The van der Waals surface area contributed by atoms with Crippen LogP contribution in [-0.2, 0) is 28.7 Å². The van der Waals surface area contributed by atoms with E-state index in [-0.39, 0.29) is 30.9 Å². The van der Waals surface area contributed by atoms with Crippen molar-refractivity contribution in [3.63, 3.8) is 0 Å². The van der Waals surface area contributed by atoms with Crippen molar-refractivity contribution >= 4 is 23.7 Å². The molecule has 3 saturated heterocycles. The van der Waals surface area contributed by atoms with E-state index >= 15 is 0 Å². The molecule has 0 unspecified atom stereocenters. The minimum atomic E-state index is -1.07. The van der Waals surface area contributed by atoms with Crippen molar-refractivity contribution < 1.29 is 33.8 Å². The maximum absolute atomic E-state index is 14.1. The van der Waals surface area contributed by atoms with Crippen LogP contribution in [0.1, 0.15) is 78.1 Å². The Kier molecular flexibility index (Phi) is 12.4. The van der Waals surface area contributed by atoms with Gasteiger partial charge >= 0.3 is 5.97 Å². The van der Waals surface area contributed by atoms with Crippen molar-refractivity contribution in [1.82, 2.24) is 15.1 Å². The second-order valence-electron chi connectivity index (χ2n) is 11.5. The molecule has 0 radical (unpaired) electrons. The normalized spacial score (nSPS) is 26.9. The number of hydrogen-bond acceptors (Lipinski definition) is 7. The number of amides is 3. The van der Waals surface area contributed by atoms with Gasteiger partial charge in [-0.25, -0.2) is 0 Å². The van der Waals surface area contributed by atoms with Gasteiger partial charge < -0.3 is 29.7 Å². The Labute approximate surface area is 244 Å². The lowest BCUT2D eigenvalue weighted by Gasteiger charge is -2.36. The van der Waals surface area contributed by atoms with E-state index in [9.17, 15) is 19.2 Å². The van der Waals surface area contributed by atoms with Gasteiger partial charge in [-0.05, 0) is 45.4 Å². The van der Waals surface area contributed by atoms with Crippen molar-refractivity contribution in [1.29, 1.82) is 0 Å². The molecule has 0 aromatic carbocycles. The number of nitrogens with one attached hydrogen (secondary N) is 1. The highest BCUT2D eigenvalue weighted by Crippen LogP contribution is 2.58. The van der Waals surface area contributed by atoms with E-state index in [1.165, 1.54) is 0 Å². The Balaban J connectivity index is 1.80. The standard InChI is InChI=1S/C31H49N3O7/c1-5-8-14-24(36)32-21-22(4)40-30(39)25-23-15-16-31(41-23)26(25)28(37)34(19-12-10-11-13-20-35)27(31)29(38)33(17-7-3)18-9-6-2/h5,7,22-23,25-27,35H,1,3,6,8-21H2,2,4H3,(H,32,36)/t22-,23-,25+,26+,27-,31+/m1/s1. The molecule has 0 aromatic rings. The van der Waals surface area contributed by atoms with E-state index in [0.29, 0.717) is 58.2 Å². The summed E-state index contributed by atoms with van der Waals surface area (Å²) < 4.78 is 12.2. The molecule has 3 amide bonds. The van der Waals surface area contributed by atoms with E-state index in [2.05, 4.69) is 25.4 Å². The van der Waals surface area contributed by atoms with Crippen molar-refractivity contribution in [3.8, 4) is 0 Å². The number of esters is 1. The van der Waals surface area contributed by atoms with E-state index in [1.54, 1.807) is 28.9 Å². The molecule has 2 bridgehead atoms. The van der Waals surface area contributed by atoms with Crippen LogP contribution in [0.15, 0.2) is 25.3 Å². The number of allylic oxidation sites excluding steroid dienone is 1. The molecule has 41 heavy (non-hydrogen) atoms. The number of fused-ring (bicyclic) bond motifs is 1. The molecule has 10 nitrogen and oxygen atoms in total. The monoisotopic (exact) mass is 575 g/mol. The van der Waals surface area contributed by atoms with Crippen molar-refractivity contribution in [2.45, 2.75) is 102 Å². The third kappa shape index (κ3) is 7.38. The van der Waals surface area contributed by atoms with Crippen LogP contribution >= 0.6 is 0 Å². The first kappa shape index (κ1) is 32.8. The number of nitrogens with zero attached hydrogens (tertiary/aromatic N) is 2. The molecule has 3 fully saturated rings. The maximum Gasteiger partial charge on any atom is 0.312 e. The molecule has 3 aliphatic rings. The molecular weight excluding hydrogens is 526 g/mol. The third-order valence-electron chi connectivity index (χ3n) is 8.54. The molecule has 2 N–H and O–H groups in total. The summed E-state index contributed by atoms with van der Waals surface area (Å²) >= 11 is 0. The summed E-state index contributed by atoms with van der Waals surface area (Å²) in [6, 6.07) is -0.806. The number of carbonyl (C=O) groups excluding carboxylic acids is 4. The van der Waals surface area contributed by atoms with Gasteiger partial charge in [0, 0.05) is 32.7 Å². The van der Waals surface area contributed by atoms with Gasteiger partial charge in [-0.15, -0.1) is 13.2 Å². The fourth-order valence-corrected chi connectivity index (χ4v) is 6.56. The number of rotatable bonds is 19. The summed E-state index contributed by atoms with van der Waals surface area (Å²) in [5, 5.41) is 11.9. The zero-order valence-electron chi connectivity index (χ0n) is 24.9. The largest absolute Gasteiger partial charge is 0.460 e. The smallest absolute Gasteiger partial charge is 0.312 e. The topological polar surface area (TPSA) is 125 Å². The van der Waals surface area contributed by atoms with E-state index in [1.807, 2.05) is 0 Å². The van der Waals surface area contributed by atoms with Crippen LogP contribution in [-0.4, -0.2) is 95.2 Å². The number of hydrogen-bond donors (Lipinski definition) is 2. The highest BCUT2D eigenvalue weighted by Gasteiger charge is 2.75. The zero-order valence-corrected chi connectivity index (χ0v) is 24.9. The first-order valence-corrected chi connectivity index (χ1v) is 15.3. The molecule has 230 valence electrons. The van der Waals surface area contributed by atoms with Crippen molar-refractivity contribution in [2.75, 3.05) is 32.8 Å². The van der Waals surface area contributed by atoms with Crippen LogP contribution in [0.25, 0.3) is 0 Å². The van der Waals surface area contributed by atoms with Gasteiger partial charge in [-0.1, -0.05) is 38.3 Å². The van der Waals surface area contributed by atoms with Crippen LogP contribution in [0.5, 0.6) is 0 Å². The first-order chi connectivity index (χ1) is 19.7. The third-order valence-corrected chi connectivity index (χ3v) is 8.54. The summed E-state index contributed by atoms with van der Waals surface area (Å²) in [5.74, 6) is -2.64. The van der Waals surface area contributed by atoms with Gasteiger partial charge in [-0.3, -0.25) is 19.2 Å².